The first-order valence-electron chi connectivity index (χ1n) is 6.73. The van der Waals surface area contributed by atoms with E-state index < -0.39 is 15.2 Å². The standard InChI is InChI=1S/C13H21N3O2S2/c1-3-20(17,18)13-9-19-7-6-16(13)12-8-11(10(2)14)4-5-15-12/h4-5,8,10,13H,3,6-7,9,14H2,1-2H3/t10-,13?/m0/s1. The fourth-order valence-electron chi connectivity index (χ4n) is 2.21. The van der Waals surface area contributed by atoms with Gasteiger partial charge in [0.05, 0.1) is 0 Å². The van der Waals surface area contributed by atoms with Crippen LogP contribution in [0, 0.1) is 0 Å². The Bertz CT molecular complexity index is 560. The molecule has 1 aromatic heterocycles. The summed E-state index contributed by atoms with van der Waals surface area (Å²) in [6.45, 7) is 4.30. The molecule has 1 aromatic rings. The van der Waals surface area contributed by atoms with E-state index in [9.17, 15) is 8.42 Å². The molecule has 1 aliphatic rings. The van der Waals surface area contributed by atoms with Gasteiger partial charge in [-0.15, -0.1) is 0 Å². The Labute approximate surface area is 124 Å². The van der Waals surface area contributed by atoms with Crippen molar-refractivity contribution >= 4 is 27.4 Å². The van der Waals surface area contributed by atoms with Crippen LogP contribution < -0.4 is 10.6 Å². The average Bonchev–Trinajstić information content (AvgIpc) is 2.47. The molecule has 1 saturated heterocycles. The number of thioether (sulfide) groups is 1. The van der Waals surface area contributed by atoms with Crippen LogP contribution in [0.3, 0.4) is 0 Å². The third kappa shape index (κ3) is 3.27. The zero-order valence-electron chi connectivity index (χ0n) is 11.8. The molecule has 0 bridgehead atoms. The molecule has 5 nitrogen and oxygen atoms in total. The van der Waals surface area contributed by atoms with Gasteiger partial charge in [-0.05, 0) is 24.6 Å². The second-order valence-corrected chi connectivity index (χ2v) is 8.51. The highest BCUT2D eigenvalue weighted by atomic mass is 32.2. The molecule has 0 aliphatic carbocycles. The minimum Gasteiger partial charge on any atom is -0.338 e. The van der Waals surface area contributed by atoms with E-state index in [1.54, 1.807) is 24.9 Å². The number of sulfone groups is 1. The smallest absolute Gasteiger partial charge is 0.171 e. The number of hydrogen-bond donors (Lipinski definition) is 1. The maximum atomic E-state index is 12.2. The maximum absolute atomic E-state index is 12.2. The van der Waals surface area contributed by atoms with Gasteiger partial charge < -0.3 is 10.6 Å². The Morgan fingerprint density at radius 1 is 1.60 bits per heavy atom. The molecule has 1 unspecified atom stereocenters. The first kappa shape index (κ1) is 15.6. The van der Waals surface area contributed by atoms with Crippen LogP contribution in [0.1, 0.15) is 25.5 Å². The summed E-state index contributed by atoms with van der Waals surface area (Å²) in [5.41, 5.74) is 6.86. The van der Waals surface area contributed by atoms with Crippen LogP contribution in [-0.2, 0) is 9.84 Å². The Morgan fingerprint density at radius 3 is 3.00 bits per heavy atom. The minimum absolute atomic E-state index is 0.0860. The lowest BCUT2D eigenvalue weighted by molar-refractivity contribution is 0.579. The summed E-state index contributed by atoms with van der Waals surface area (Å²) in [5.74, 6) is 2.38. The van der Waals surface area contributed by atoms with E-state index in [4.69, 9.17) is 5.73 Å². The largest absolute Gasteiger partial charge is 0.338 e. The Balaban J connectivity index is 2.35. The van der Waals surface area contributed by atoms with Gasteiger partial charge in [-0.1, -0.05) is 6.92 Å². The maximum Gasteiger partial charge on any atom is 0.171 e. The molecule has 2 atom stereocenters. The molecule has 2 rings (SSSR count). The fourth-order valence-corrected chi connectivity index (χ4v) is 5.19. The monoisotopic (exact) mass is 315 g/mol. The highest BCUT2D eigenvalue weighted by Gasteiger charge is 2.33. The molecule has 0 aromatic carbocycles. The minimum atomic E-state index is -3.12. The molecule has 0 saturated carbocycles. The molecular formula is C13H21N3O2S2. The van der Waals surface area contributed by atoms with Crippen molar-refractivity contribution in [1.82, 2.24) is 4.98 Å². The summed E-state index contributed by atoms with van der Waals surface area (Å²) in [7, 11) is -3.12. The van der Waals surface area contributed by atoms with E-state index >= 15 is 0 Å². The SMILES string of the molecule is CCS(=O)(=O)C1CSCCN1c1cc([C@H](C)N)ccn1. The van der Waals surface area contributed by atoms with Crippen molar-refractivity contribution in [1.29, 1.82) is 0 Å². The van der Waals surface area contributed by atoms with Crippen molar-refractivity contribution in [3.63, 3.8) is 0 Å². The highest BCUT2D eigenvalue weighted by molar-refractivity contribution is 8.01. The molecule has 1 aliphatic heterocycles. The number of nitrogens with zero attached hydrogens (tertiary/aromatic N) is 2. The van der Waals surface area contributed by atoms with Crippen LogP contribution in [0.15, 0.2) is 18.3 Å². The van der Waals surface area contributed by atoms with Gasteiger partial charge in [0.1, 0.15) is 11.2 Å². The van der Waals surface area contributed by atoms with Gasteiger partial charge in [-0.25, -0.2) is 13.4 Å². The van der Waals surface area contributed by atoms with Crippen molar-refractivity contribution in [2.24, 2.45) is 5.73 Å². The number of hydrogen-bond acceptors (Lipinski definition) is 6. The molecule has 2 heterocycles. The first-order valence-corrected chi connectivity index (χ1v) is 9.60. The van der Waals surface area contributed by atoms with Crippen molar-refractivity contribution in [2.45, 2.75) is 25.3 Å². The van der Waals surface area contributed by atoms with Crippen LogP contribution in [-0.4, -0.2) is 42.6 Å². The summed E-state index contributed by atoms with van der Waals surface area (Å²) >= 11 is 1.68. The predicted molar refractivity (Wildman–Crippen MR) is 84.8 cm³/mol. The molecule has 0 amide bonds. The van der Waals surface area contributed by atoms with Gasteiger partial charge in [0, 0.05) is 36.0 Å². The molecule has 0 radical (unpaired) electrons. The molecule has 1 fully saturated rings. The van der Waals surface area contributed by atoms with Crippen LogP contribution in [0.2, 0.25) is 0 Å². The van der Waals surface area contributed by atoms with Crippen molar-refractivity contribution in [3.8, 4) is 0 Å². The lowest BCUT2D eigenvalue weighted by atomic mass is 10.1. The second-order valence-electron chi connectivity index (χ2n) is 4.91. The van der Waals surface area contributed by atoms with Gasteiger partial charge in [-0.2, -0.15) is 11.8 Å². The van der Waals surface area contributed by atoms with Crippen LogP contribution in [0.25, 0.3) is 0 Å². The molecule has 0 spiro atoms. The van der Waals surface area contributed by atoms with Crippen LogP contribution >= 0.6 is 11.8 Å². The summed E-state index contributed by atoms with van der Waals surface area (Å²) in [6.07, 6.45) is 1.70. The van der Waals surface area contributed by atoms with Crippen molar-refractivity contribution in [3.05, 3.63) is 23.9 Å². The van der Waals surface area contributed by atoms with Gasteiger partial charge in [0.15, 0.2) is 9.84 Å². The van der Waals surface area contributed by atoms with Crippen LogP contribution in [0.5, 0.6) is 0 Å². The average molecular weight is 315 g/mol. The zero-order chi connectivity index (χ0) is 14.8. The Kier molecular flexibility index (Phi) is 4.93. The molecule has 2 N–H and O–H groups in total. The van der Waals surface area contributed by atoms with E-state index in [1.807, 2.05) is 24.0 Å². The number of rotatable bonds is 4. The Morgan fingerprint density at radius 2 is 2.35 bits per heavy atom. The number of aromatic nitrogens is 1. The van der Waals surface area contributed by atoms with E-state index in [1.165, 1.54) is 0 Å². The third-order valence-corrected chi connectivity index (χ3v) is 6.78. The van der Waals surface area contributed by atoms with Crippen LogP contribution in [0.4, 0.5) is 5.82 Å². The summed E-state index contributed by atoms with van der Waals surface area (Å²) in [4.78, 5) is 6.24. The van der Waals surface area contributed by atoms with E-state index in [0.29, 0.717) is 18.1 Å². The van der Waals surface area contributed by atoms with Gasteiger partial charge in [0.25, 0.3) is 0 Å². The fraction of sp³-hybridized carbons (Fsp3) is 0.615. The quantitative estimate of drug-likeness (QED) is 0.905. The lowest BCUT2D eigenvalue weighted by Gasteiger charge is -2.35. The normalized spacial score (nSPS) is 21.8. The third-order valence-electron chi connectivity index (χ3n) is 3.49. The summed E-state index contributed by atoms with van der Waals surface area (Å²) in [5, 5.41) is -0.484. The van der Waals surface area contributed by atoms with Gasteiger partial charge >= 0.3 is 0 Å². The Hall–Kier alpha value is -0.790. The number of nitrogens with two attached hydrogens (primary N) is 1. The van der Waals surface area contributed by atoms with Crippen molar-refractivity contribution in [2.75, 3.05) is 28.7 Å². The number of anilines is 1. The zero-order valence-corrected chi connectivity index (χ0v) is 13.5. The molecule has 20 heavy (non-hydrogen) atoms. The topological polar surface area (TPSA) is 76.3 Å². The molecule has 112 valence electrons. The highest BCUT2D eigenvalue weighted by Crippen LogP contribution is 2.27. The molecule has 7 heteroatoms. The van der Waals surface area contributed by atoms with Gasteiger partial charge in [-0.3, -0.25) is 0 Å². The second kappa shape index (κ2) is 6.32. The van der Waals surface area contributed by atoms with E-state index in [2.05, 4.69) is 4.98 Å². The van der Waals surface area contributed by atoms with E-state index in [0.717, 1.165) is 11.3 Å². The predicted octanol–water partition coefficient (Wildman–Crippen LogP) is 1.42. The van der Waals surface area contributed by atoms with E-state index in [-0.39, 0.29) is 11.8 Å². The van der Waals surface area contributed by atoms with Gasteiger partial charge in [0.2, 0.25) is 0 Å². The molecular weight excluding hydrogens is 294 g/mol. The lowest BCUT2D eigenvalue weighted by Crippen LogP contribution is -2.48. The number of pyridine rings is 1. The first-order chi connectivity index (χ1) is 9.45. The summed E-state index contributed by atoms with van der Waals surface area (Å²) in [6, 6.07) is 3.69. The van der Waals surface area contributed by atoms with Crippen molar-refractivity contribution < 1.29 is 8.42 Å². The summed E-state index contributed by atoms with van der Waals surface area (Å²) < 4.78 is 24.5.